The second kappa shape index (κ2) is 7.78. The Labute approximate surface area is 182 Å². The first kappa shape index (κ1) is 19.9. The van der Waals surface area contributed by atoms with Crippen LogP contribution in [-0.4, -0.2) is 24.7 Å². The smallest absolute Gasteiger partial charge is 0.301 e. The van der Waals surface area contributed by atoms with Crippen molar-refractivity contribution in [3.8, 4) is 16.9 Å². The Kier molecular flexibility index (Phi) is 5.15. The first-order valence-electron chi connectivity index (χ1n) is 8.44. The van der Waals surface area contributed by atoms with Crippen molar-refractivity contribution in [3.05, 3.63) is 78.9 Å². The normalized spacial score (nSPS) is 15.5. The topological polar surface area (TPSA) is 140 Å². The third-order valence-corrected chi connectivity index (χ3v) is 5.14. The largest absolute Gasteiger partial charge is 0.341 e. The molecule has 1 fully saturated rings. The van der Waals surface area contributed by atoms with Crippen molar-refractivity contribution in [2.24, 2.45) is 0 Å². The highest BCUT2D eigenvalue weighted by atomic mass is 79.9. The van der Waals surface area contributed by atoms with Crippen molar-refractivity contribution < 1.29 is 9.85 Å². The summed E-state index contributed by atoms with van der Waals surface area (Å²) in [5, 5.41) is 30.6. The Bertz CT molecular complexity index is 1180. The van der Waals surface area contributed by atoms with Gasteiger partial charge < -0.3 is 5.32 Å². The molecule has 1 unspecified atom stereocenters. The van der Waals surface area contributed by atoms with E-state index in [1.54, 1.807) is 6.20 Å². The third kappa shape index (κ3) is 3.72. The highest BCUT2D eigenvalue weighted by Crippen LogP contribution is 2.32. The lowest BCUT2D eigenvalue weighted by Gasteiger charge is -2.09. The fraction of sp³-hybridized carbons (Fsp3) is 0.0588. The molecule has 0 spiro atoms. The van der Waals surface area contributed by atoms with Gasteiger partial charge in [0.15, 0.2) is 5.11 Å². The van der Waals surface area contributed by atoms with Gasteiger partial charge in [-0.25, -0.2) is 10.1 Å². The summed E-state index contributed by atoms with van der Waals surface area (Å²) in [7, 11) is 0. The first-order chi connectivity index (χ1) is 14.3. The van der Waals surface area contributed by atoms with E-state index in [1.165, 1.54) is 16.8 Å². The van der Waals surface area contributed by atoms with E-state index in [2.05, 4.69) is 37.2 Å². The molecule has 2 heterocycles. The summed E-state index contributed by atoms with van der Waals surface area (Å²) in [5.74, 6) is 0. The van der Waals surface area contributed by atoms with E-state index in [-0.39, 0.29) is 11.4 Å². The van der Waals surface area contributed by atoms with Crippen molar-refractivity contribution in [1.82, 2.24) is 25.9 Å². The zero-order chi connectivity index (χ0) is 21.4. The van der Waals surface area contributed by atoms with E-state index < -0.39 is 21.7 Å². The molecule has 1 atom stereocenters. The van der Waals surface area contributed by atoms with E-state index >= 15 is 0 Å². The molecule has 0 aliphatic carbocycles. The zero-order valence-electron chi connectivity index (χ0n) is 14.9. The van der Waals surface area contributed by atoms with Crippen LogP contribution in [0.3, 0.4) is 0 Å². The number of thiocarbonyl (C=S) groups is 1. The summed E-state index contributed by atoms with van der Waals surface area (Å²) in [6, 6.07) is 10.8. The van der Waals surface area contributed by atoms with Gasteiger partial charge in [0.25, 0.3) is 5.69 Å². The highest BCUT2D eigenvalue weighted by molar-refractivity contribution is 9.10. The van der Waals surface area contributed by atoms with Gasteiger partial charge >= 0.3 is 5.69 Å². The predicted molar refractivity (Wildman–Crippen MR) is 115 cm³/mol. The Hall–Kier alpha value is -3.42. The molecule has 11 nitrogen and oxygen atoms in total. The lowest BCUT2D eigenvalue weighted by atomic mass is 10.1. The van der Waals surface area contributed by atoms with E-state index in [4.69, 9.17) is 12.2 Å². The number of benzene rings is 2. The molecular weight excluding hydrogens is 478 g/mol. The van der Waals surface area contributed by atoms with Gasteiger partial charge in [0.05, 0.1) is 21.6 Å². The van der Waals surface area contributed by atoms with Crippen molar-refractivity contribution >= 4 is 44.6 Å². The van der Waals surface area contributed by atoms with Gasteiger partial charge in [0, 0.05) is 27.9 Å². The molecular formula is C17H12BrN7O4S. The van der Waals surface area contributed by atoms with Crippen LogP contribution in [0.4, 0.5) is 11.4 Å². The number of nitrogens with zero attached hydrogens (tertiary/aromatic N) is 4. The molecule has 4 rings (SSSR count). The lowest BCUT2D eigenvalue weighted by Crippen LogP contribution is -2.26. The molecule has 1 aromatic heterocycles. The molecule has 1 aliphatic heterocycles. The summed E-state index contributed by atoms with van der Waals surface area (Å²) in [5.41, 5.74) is 7.09. The number of nitro groups is 2. The Morgan fingerprint density at radius 3 is 2.43 bits per heavy atom. The summed E-state index contributed by atoms with van der Waals surface area (Å²) < 4.78 is 2.22. The molecule has 0 radical (unpaired) electrons. The third-order valence-electron chi connectivity index (χ3n) is 4.39. The van der Waals surface area contributed by atoms with Crippen LogP contribution in [0.5, 0.6) is 0 Å². The fourth-order valence-corrected chi connectivity index (χ4v) is 3.46. The van der Waals surface area contributed by atoms with Gasteiger partial charge in [0.1, 0.15) is 11.9 Å². The summed E-state index contributed by atoms with van der Waals surface area (Å²) in [4.78, 5) is 21.2. The first-order valence-corrected chi connectivity index (χ1v) is 9.64. The van der Waals surface area contributed by atoms with Gasteiger partial charge in [-0.15, -0.1) is 0 Å². The molecule has 2 aromatic carbocycles. The number of rotatable bonds is 5. The summed E-state index contributed by atoms with van der Waals surface area (Å²) in [6.45, 7) is 0. The van der Waals surface area contributed by atoms with Crippen molar-refractivity contribution in [3.63, 3.8) is 0 Å². The number of hydrogen-bond donors (Lipinski definition) is 3. The standard InChI is InChI=1S/C17H12BrN7O4S/c18-10-3-1-9(2-4-10)15-12(16-19-17(30)21-20-16)8-23(22-15)13-6-5-11(24(26)27)7-14(13)25(28)29/h1-8,16,20H,(H2,19,21,30). The Balaban J connectivity index is 1.87. The van der Waals surface area contributed by atoms with Crippen LogP contribution >= 0.6 is 28.1 Å². The SMILES string of the molecule is O=[N+]([O-])c1ccc(-n2cc(C3NNC(=S)N3)c(-c3ccc(Br)cc3)n2)c([N+](=O)[O-])c1. The monoisotopic (exact) mass is 489 g/mol. The van der Waals surface area contributed by atoms with Crippen molar-refractivity contribution in [1.29, 1.82) is 0 Å². The molecule has 1 saturated heterocycles. The van der Waals surface area contributed by atoms with Crippen LogP contribution in [0, 0.1) is 20.2 Å². The molecule has 1 aliphatic rings. The second-order valence-corrected chi connectivity index (χ2v) is 7.57. The number of nitro benzene ring substituents is 2. The maximum atomic E-state index is 11.6. The average Bonchev–Trinajstić information content (AvgIpc) is 3.34. The van der Waals surface area contributed by atoms with Crippen LogP contribution in [0.2, 0.25) is 0 Å². The molecule has 0 saturated carbocycles. The Morgan fingerprint density at radius 1 is 1.10 bits per heavy atom. The maximum absolute atomic E-state index is 11.6. The number of hydrogen-bond acceptors (Lipinski definition) is 7. The van der Waals surface area contributed by atoms with E-state index in [1.807, 2.05) is 24.3 Å². The van der Waals surface area contributed by atoms with Crippen LogP contribution in [0.25, 0.3) is 16.9 Å². The quantitative estimate of drug-likeness (QED) is 0.280. The zero-order valence-corrected chi connectivity index (χ0v) is 17.3. The van der Waals surface area contributed by atoms with Gasteiger partial charge in [0.2, 0.25) is 0 Å². The fourth-order valence-electron chi connectivity index (χ4n) is 3.02. The molecule has 0 amide bonds. The minimum atomic E-state index is -0.683. The average molecular weight is 490 g/mol. The molecule has 3 aromatic rings. The molecule has 0 bridgehead atoms. The van der Waals surface area contributed by atoms with Gasteiger partial charge in [-0.05, 0) is 30.4 Å². The Morgan fingerprint density at radius 2 is 1.83 bits per heavy atom. The molecule has 3 N–H and O–H groups in total. The van der Waals surface area contributed by atoms with Crippen LogP contribution in [0.15, 0.2) is 53.1 Å². The minimum Gasteiger partial charge on any atom is -0.341 e. The van der Waals surface area contributed by atoms with Gasteiger partial charge in [-0.3, -0.25) is 25.7 Å². The number of nitrogens with one attached hydrogen (secondary N) is 3. The highest BCUT2D eigenvalue weighted by Gasteiger charge is 2.27. The van der Waals surface area contributed by atoms with Crippen molar-refractivity contribution in [2.75, 3.05) is 0 Å². The van der Waals surface area contributed by atoms with Crippen LogP contribution in [-0.2, 0) is 0 Å². The van der Waals surface area contributed by atoms with E-state index in [9.17, 15) is 20.2 Å². The van der Waals surface area contributed by atoms with Crippen molar-refractivity contribution in [2.45, 2.75) is 6.17 Å². The molecule has 30 heavy (non-hydrogen) atoms. The molecule has 152 valence electrons. The molecule has 13 heteroatoms. The summed E-state index contributed by atoms with van der Waals surface area (Å²) >= 11 is 8.48. The lowest BCUT2D eigenvalue weighted by molar-refractivity contribution is -0.394. The predicted octanol–water partition coefficient (Wildman–Crippen LogP) is 3.10. The van der Waals surface area contributed by atoms with Crippen LogP contribution < -0.4 is 16.2 Å². The summed E-state index contributed by atoms with van der Waals surface area (Å²) in [6.07, 6.45) is 1.19. The minimum absolute atomic E-state index is 0.101. The van der Waals surface area contributed by atoms with E-state index in [0.717, 1.165) is 16.1 Å². The number of hydrazine groups is 1. The maximum Gasteiger partial charge on any atom is 0.301 e. The van der Waals surface area contributed by atoms with E-state index in [0.29, 0.717) is 16.4 Å². The number of halogens is 1. The van der Waals surface area contributed by atoms with Gasteiger partial charge in [-0.1, -0.05) is 28.1 Å². The number of aromatic nitrogens is 2. The van der Waals surface area contributed by atoms with Crippen LogP contribution in [0.1, 0.15) is 11.7 Å². The second-order valence-electron chi connectivity index (χ2n) is 6.25. The van der Waals surface area contributed by atoms with Gasteiger partial charge in [-0.2, -0.15) is 5.10 Å². The number of non-ortho nitro benzene ring substituents is 1.